The minimum Gasteiger partial charge on any atom is -0.464 e. The second-order valence-electron chi connectivity index (χ2n) is 10.9. The molecule has 1 saturated carbocycles. The number of halogens is 3. The Morgan fingerprint density at radius 3 is 2.53 bits per heavy atom. The summed E-state index contributed by atoms with van der Waals surface area (Å²) in [6.45, 7) is 6.87. The first-order valence-corrected chi connectivity index (χ1v) is 13.4. The summed E-state index contributed by atoms with van der Waals surface area (Å²) in [7, 11) is 0. The lowest BCUT2D eigenvalue weighted by Crippen LogP contribution is -2.63. The van der Waals surface area contributed by atoms with Crippen LogP contribution in [-0.2, 0) is 16.6 Å². The molecule has 2 fully saturated rings. The average Bonchev–Trinajstić information content (AvgIpc) is 3.27. The van der Waals surface area contributed by atoms with Crippen molar-refractivity contribution in [1.29, 1.82) is 0 Å². The maximum Gasteiger partial charge on any atom is 0.416 e. The summed E-state index contributed by atoms with van der Waals surface area (Å²) in [5.74, 6) is -1.14. The predicted molar refractivity (Wildman–Crippen MR) is 136 cm³/mol. The molecular weight excluding hydrogens is 521 g/mol. The Bertz CT molecular complexity index is 1150. The number of carbonyl (C=O) groups excluding carboxylic acids is 2. The molecule has 2 heterocycles. The molecule has 3 N–H and O–H groups in total. The predicted octanol–water partition coefficient (Wildman–Crippen LogP) is 3.70. The lowest BCUT2D eigenvalue weighted by Gasteiger charge is -2.48. The fourth-order valence-electron chi connectivity index (χ4n) is 4.75. The molecule has 1 saturated heterocycles. The number of alkyl halides is 3. The Balaban J connectivity index is 1.17. The van der Waals surface area contributed by atoms with Crippen molar-refractivity contribution in [3.63, 3.8) is 0 Å². The number of thiazole rings is 1. The van der Waals surface area contributed by atoms with E-state index in [4.69, 9.17) is 4.74 Å². The van der Waals surface area contributed by atoms with Gasteiger partial charge in [0.1, 0.15) is 11.2 Å². The highest BCUT2D eigenvalue weighted by Crippen LogP contribution is 2.43. The van der Waals surface area contributed by atoms with Gasteiger partial charge in [0.05, 0.1) is 23.0 Å². The number of benzene rings is 1. The summed E-state index contributed by atoms with van der Waals surface area (Å²) in [5.41, 5.74) is -2.34. The maximum atomic E-state index is 12.8. The number of aromatic nitrogens is 1. The number of amides is 2. The summed E-state index contributed by atoms with van der Waals surface area (Å²) < 4.78 is 44.3. The minimum atomic E-state index is -4.55. The number of likely N-dealkylation sites (tertiary alicyclic amines) is 1. The SMILES string of the molecule is CC(C)(C)Oc1ncc(C2(O)CCC(N3CC(NC(=O)CNC(=O)c4cccc(C(F)(F)F)c4)C3)CC2)s1. The normalized spacial score (nSPS) is 23.0. The van der Waals surface area contributed by atoms with Gasteiger partial charge in [0, 0.05) is 30.9 Å². The highest BCUT2D eigenvalue weighted by molar-refractivity contribution is 7.13. The van der Waals surface area contributed by atoms with Crippen molar-refractivity contribution in [2.24, 2.45) is 0 Å². The van der Waals surface area contributed by atoms with Crippen molar-refractivity contribution < 1.29 is 32.6 Å². The number of ether oxygens (including phenoxy) is 1. The molecule has 12 heteroatoms. The lowest BCUT2D eigenvalue weighted by atomic mass is 9.80. The van der Waals surface area contributed by atoms with Gasteiger partial charge in [-0.15, -0.1) is 0 Å². The van der Waals surface area contributed by atoms with Gasteiger partial charge >= 0.3 is 6.18 Å². The third kappa shape index (κ3) is 7.03. The fraction of sp³-hybridized carbons (Fsp3) is 0.577. The van der Waals surface area contributed by atoms with Gasteiger partial charge in [-0.2, -0.15) is 13.2 Å². The van der Waals surface area contributed by atoms with Gasteiger partial charge < -0.3 is 20.5 Å². The Labute approximate surface area is 223 Å². The Kier molecular flexibility index (Phi) is 8.06. The molecule has 1 aromatic heterocycles. The third-order valence-corrected chi connectivity index (χ3v) is 7.84. The second kappa shape index (κ2) is 10.8. The van der Waals surface area contributed by atoms with Crippen molar-refractivity contribution >= 4 is 23.2 Å². The van der Waals surface area contributed by atoms with Gasteiger partial charge in [-0.25, -0.2) is 4.98 Å². The first-order valence-electron chi connectivity index (χ1n) is 12.6. The molecule has 2 aromatic rings. The van der Waals surface area contributed by atoms with Crippen molar-refractivity contribution in [2.75, 3.05) is 19.6 Å². The molecule has 1 aliphatic heterocycles. The van der Waals surface area contributed by atoms with Crippen LogP contribution in [0.25, 0.3) is 0 Å². The largest absolute Gasteiger partial charge is 0.464 e. The van der Waals surface area contributed by atoms with E-state index in [2.05, 4.69) is 20.5 Å². The molecule has 38 heavy (non-hydrogen) atoms. The van der Waals surface area contributed by atoms with Crippen LogP contribution in [0.4, 0.5) is 13.2 Å². The van der Waals surface area contributed by atoms with Crippen molar-refractivity contribution in [3.05, 3.63) is 46.5 Å². The van der Waals surface area contributed by atoms with E-state index < -0.39 is 29.2 Å². The van der Waals surface area contributed by atoms with Crippen LogP contribution in [0, 0.1) is 0 Å². The molecular formula is C26H33F3N4O4S. The Morgan fingerprint density at radius 2 is 1.89 bits per heavy atom. The number of hydrogen-bond donors (Lipinski definition) is 3. The fourth-order valence-corrected chi connectivity index (χ4v) is 5.84. The van der Waals surface area contributed by atoms with Crippen molar-refractivity contribution in [1.82, 2.24) is 20.5 Å². The topological polar surface area (TPSA) is 104 Å². The number of hydrogen-bond acceptors (Lipinski definition) is 7. The molecule has 1 aliphatic carbocycles. The van der Waals surface area contributed by atoms with Gasteiger partial charge in [-0.1, -0.05) is 17.4 Å². The van der Waals surface area contributed by atoms with Crippen LogP contribution in [0.1, 0.15) is 67.3 Å². The monoisotopic (exact) mass is 554 g/mol. The first-order chi connectivity index (χ1) is 17.7. The average molecular weight is 555 g/mol. The van der Waals surface area contributed by atoms with Crippen LogP contribution in [-0.4, -0.2) is 64.1 Å². The summed E-state index contributed by atoms with van der Waals surface area (Å²) in [6.07, 6.45) is 0.0164. The van der Waals surface area contributed by atoms with Crippen LogP contribution < -0.4 is 15.4 Å². The first kappa shape index (κ1) is 28.3. The summed E-state index contributed by atoms with van der Waals surface area (Å²) in [6, 6.07) is 4.32. The quantitative estimate of drug-likeness (QED) is 0.482. The molecule has 8 nitrogen and oxygen atoms in total. The van der Waals surface area contributed by atoms with Gasteiger partial charge in [0.15, 0.2) is 0 Å². The van der Waals surface area contributed by atoms with E-state index >= 15 is 0 Å². The van der Waals surface area contributed by atoms with Gasteiger partial charge in [0.2, 0.25) is 5.91 Å². The maximum absolute atomic E-state index is 12.8. The van der Waals surface area contributed by atoms with Gasteiger partial charge in [-0.3, -0.25) is 14.5 Å². The zero-order valence-electron chi connectivity index (χ0n) is 21.6. The van der Waals surface area contributed by atoms with E-state index in [1.54, 1.807) is 6.20 Å². The zero-order chi connectivity index (χ0) is 27.7. The number of nitrogens with one attached hydrogen (secondary N) is 2. The van der Waals surface area contributed by atoms with E-state index in [1.165, 1.54) is 17.4 Å². The minimum absolute atomic E-state index is 0.0626. The summed E-state index contributed by atoms with van der Waals surface area (Å²) in [4.78, 5) is 31.8. The van der Waals surface area contributed by atoms with Gasteiger partial charge in [0.25, 0.3) is 11.1 Å². The summed E-state index contributed by atoms with van der Waals surface area (Å²) >= 11 is 1.38. The number of carbonyl (C=O) groups is 2. The number of nitrogens with zero attached hydrogens (tertiary/aromatic N) is 2. The number of aliphatic hydroxyl groups is 1. The van der Waals surface area contributed by atoms with Crippen LogP contribution >= 0.6 is 11.3 Å². The van der Waals surface area contributed by atoms with Crippen LogP contribution in [0.2, 0.25) is 0 Å². The van der Waals surface area contributed by atoms with E-state index in [0.29, 0.717) is 37.2 Å². The van der Waals surface area contributed by atoms with E-state index in [1.807, 2.05) is 20.8 Å². The van der Waals surface area contributed by atoms with E-state index in [0.717, 1.165) is 35.9 Å². The van der Waals surface area contributed by atoms with E-state index in [-0.39, 0.29) is 23.8 Å². The molecule has 0 bridgehead atoms. The molecule has 2 aliphatic rings. The zero-order valence-corrected chi connectivity index (χ0v) is 22.4. The van der Waals surface area contributed by atoms with Crippen LogP contribution in [0.15, 0.2) is 30.5 Å². The van der Waals surface area contributed by atoms with E-state index in [9.17, 15) is 27.9 Å². The Morgan fingerprint density at radius 1 is 1.21 bits per heavy atom. The van der Waals surface area contributed by atoms with Gasteiger partial charge in [-0.05, 0) is 64.7 Å². The molecule has 4 rings (SSSR count). The van der Waals surface area contributed by atoms with Crippen molar-refractivity contribution in [2.45, 2.75) is 75.9 Å². The van der Waals surface area contributed by atoms with Crippen LogP contribution in [0.5, 0.6) is 5.19 Å². The Hall–Kier alpha value is -2.70. The van der Waals surface area contributed by atoms with Crippen molar-refractivity contribution in [3.8, 4) is 5.19 Å². The molecule has 0 radical (unpaired) electrons. The lowest BCUT2D eigenvalue weighted by molar-refractivity contribution is -0.137. The highest BCUT2D eigenvalue weighted by Gasteiger charge is 2.41. The molecule has 1 aromatic carbocycles. The molecule has 0 unspecified atom stereocenters. The molecule has 208 valence electrons. The van der Waals surface area contributed by atoms with Crippen LogP contribution in [0.3, 0.4) is 0 Å². The summed E-state index contributed by atoms with van der Waals surface area (Å²) in [5, 5.41) is 17.0. The standard InChI is InChI=1S/C26H33F3N4O4S/c1-24(2,3)37-23-31-12-20(38-23)25(36)9-7-19(8-10-25)33-14-18(15-33)32-21(34)13-30-22(35)16-5-4-6-17(11-16)26(27,28)29/h4-6,11-12,18-19,36H,7-10,13-15H2,1-3H3,(H,30,35)(H,32,34). The second-order valence-corrected chi connectivity index (χ2v) is 11.9. The highest BCUT2D eigenvalue weighted by atomic mass is 32.1. The number of rotatable bonds is 7. The molecule has 2 amide bonds. The molecule has 0 spiro atoms. The molecule has 0 atom stereocenters. The smallest absolute Gasteiger partial charge is 0.416 e. The third-order valence-electron chi connectivity index (χ3n) is 6.77.